The van der Waals surface area contributed by atoms with Crippen LogP contribution in [0.4, 0.5) is 0 Å². The third-order valence-electron chi connectivity index (χ3n) is 4.22. The Bertz CT molecular complexity index is 684. The number of amides is 1. The van der Waals surface area contributed by atoms with Crippen molar-refractivity contribution >= 4 is 18.3 Å². The molecule has 0 unspecified atom stereocenters. The summed E-state index contributed by atoms with van der Waals surface area (Å²) in [6, 6.07) is 15.8. The quantitative estimate of drug-likeness (QED) is 0.872. The van der Waals surface area contributed by atoms with Crippen LogP contribution in [0.15, 0.2) is 48.5 Å². The summed E-state index contributed by atoms with van der Waals surface area (Å²) in [6.45, 7) is 1.06. The van der Waals surface area contributed by atoms with Crippen LogP contribution in [-0.4, -0.2) is 24.0 Å². The van der Waals surface area contributed by atoms with Crippen LogP contribution in [-0.2, 0) is 13.1 Å². The van der Waals surface area contributed by atoms with E-state index in [2.05, 4.69) is 0 Å². The number of nitrogens with zero attached hydrogens (tertiary/aromatic N) is 1. The van der Waals surface area contributed by atoms with Crippen LogP contribution in [0.5, 0.6) is 5.75 Å². The summed E-state index contributed by atoms with van der Waals surface area (Å²) < 4.78 is 5.41. The second-order valence-corrected chi connectivity index (χ2v) is 5.88. The molecule has 1 fully saturated rings. The third-order valence-corrected chi connectivity index (χ3v) is 4.22. The maximum Gasteiger partial charge on any atom is 0.254 e. The average Bonchev–Trinajstić information content (AvgIpc) is 3.44. The fourth-order valence-electron chi connectivity index (χ4n) is 2.72. The molecular weight excluding hydrogens is 324 g/mol. The Balaban J connectivity index is 0.00000208. The van der Waals surface area contributed by atoms with Crippen molar-refractivity contribution in [1.82, 2.24) is 4.90 Å². The van der Waals surface area contributed by atoms with Gasteiger partial charge in [0.1, 0.15) is 5.75 Å². The predicted octanol–water partition coefficient (Wildman–Crippen LogP) is 3.38. The van der Waals surface area contributed by atoms with Gasteiger partial charge in [-0.15, -0.1) is 12.4 Å². The summed E-state index contributed by atoms with van der Waals surface area (Å²) in [5.74, 6) is 0.895. The van der Waals surface area contributed by atoms with Gasteiger partial charge in [0.25, 0.3) is 5.91 Å². The number of carbonyl (C=O) groups is 1. The van der Waals surface area contributed by atoms with E-state index in [0.29, 0.717) is 24.7 Å². The molecular formula is C19H23ClN2O2. The molecule has 5 heteroatoms. The number of rotatable bonds is 6. The van der Waals surface area contributed by atoms with Gasteiger partial charge >= 0.3 is 0 Å². The van der Waals surface area contributed by atoms with Gasteiger partial charge in [0.2, 0.25) is 0 Å². The summed E-state index contributed by atoms with van der Waals surface area (Å²) in [4.78, 5) is 14.8. The fraction of sp³-hybridized carbons (Fsp3) is 0.316. The number of para-hydroxylation sites is 1. The summed E-state index contributed by atoms with van der Waals surface area (Å²) >= 11 is 0. The maximum atomic E-state index is 12.9. The van der Waals surface area contributed by atoms with E-state index in [1.54, 1.807) is 7.11 Å². The molecule has 1 amide bonds. The van der Waals surface area contributed by atoms with Gasteiger partial charge in [0.15, 0.2) is 0 Å². The van der Waals surface area contributed by atoms with Crippen LogP contribution in [0.3, 0.4) is 0 Å². The second-order valence-electron chi connectivity index (χ2n) is 5.88. The largest absolute Gasteiger partial charge is 0.496 e. The molecule has 128 valence electrons. The van der Waals surface area contributed by atoms with Crippen molar-refractivity contribution in [1.29, 1.82) is 0 Å². The van der Waals surface area contributed by atoms with E-state index in [1.807, 2.05) is 53.4 Å². The number of hydrogen-bond acceptors (Lipinski definition) is 3. The zero-order valence-electron chi connectivity index (χ0n) is 13.8. The van der Waals surface area contributed by atoms with E-state index >= 15 is 0 Å². The molecule has 3 rings (SSSR count). The topological polar surface area (TPSA) is 55.6 Å². The van der Waals surface area contributed by atoms with Crippen LogP contribution in [0, 0.1) is 0 Å². The Labute approximate surface area is 149 Å². The van der Waals surface area contributed by atoms with Crippen LogP contribution < -0.4 is 10.5 Å². The van der Waals surface area contributed by atoms with Crippen LogP contribution in [0.1, 0.15) is 34.3 Å². The van der Waals surface area contributed by atoms with E-state index in [0.717, 1.165) is 29.7 Å². The highest BCUT2D eigenvalue weighted by Gasteiger charge is 2.33. The molecule has 2 N–H and O–H groups in total. The molecule has 0 bridgehead atoms. The lowest BCUT2D eigenvalue weighted by Gasteiger charge is -2.23. The minimum Gasteiger partial charge on any atom is -0.496 e. The predicted molar refractivity (Wildman–Crippen MR) is 97.5 cm³/mol. The Morgan fingerprint density at radius 1 is 1.17 bits per heavy atom. The van der Waals surface area contributed by atoms with Crippen molar-refractivity contribution in [2.45, 2.75) is 32.0 Å². The first-order valence-corrected chi connectivity index (χ1v) is 7.95. The number of halogens is 1. The van der Waals surface area contributed by atoms with Gasteiger partial charge < -0.3 is 15.4 Å². The molecule has 0 atom stereocenters. The van der Waals surface area contributed by atoms with E-state index in [-0.39, 0.29) is 18.3 Å². The number of methoxy groups -OCH3 is 1. The first-order valence-electron chi connectivity index (χ1n) is 7.95. The third kappa shape index (κ3) is 4.08. The van der Waals surface area contributed by atoms with E-state index in [1.165, 1.54) is 0 Å². The smallest absolute Gasteiger partial charge is 0.254 e. The highest BCUT2D eigenvalue weighted by atomic mass is 35.5. The van der Waals surface area contributed by atoms with Crippen molar-refractivity contribution in [3.8, 4) is 5.75 Å². The number of nitrogens with two attached hydrogens (primary N) is 1. The monoisotopic (exact) mass is 346 g/mol. The van der Waals surface area contributed by atoms with Crippen molar-refractivity contribution in [3.63, 3.8) is 0 Å². The Hall–Kier alpha value is -2.04. The first-order chi connectivity index (χ1) is 11.2. The van der Waals surface area contributed by atoms with Crippen molar-refractivity contribution in [2.75, 3.05) is 7.11 Å². The lowest BCUT2D eigenvalue weighted by atomic mass is 10.1. The molecule has 0 radical (unpaired) electrons. The zero-order valence-corrected chi connectivity index (χ0v) is 14.6. The van der Waals surface area contributed by atoms with Crippen LogP contribution in [0.2, 0.25) is 0 Å². The zero-order chi connectivity index (χ0) is 16.2. The highest BCUT2D eigenvalue weighted by Crippen LogP contribution is 2.31. The molecule has 0 spiro atoms. The summed E-state index contributed by atoms with van der Waals surface area (Å²) in [5.41, 5.74) is 8.40. The van der Waals surface area contributed by atoms with Crippen molar-refractivity contribution in [2.24, 2.45) is 5.73 Å². The Morgan fingerprint density at radius 3 is 2.42 bits per heavy atom. The second kappa shape index (κ2) is 8.18. The molecule has 2 aromatic rings. The number of carbonyl (C=O) groups excluding carboxylic acids is 1. The summed E-state index contributed by atoms with van der Waals surface area (Å²) in [6.07, 6.45) is 2.14. The van der Waals surface area contributed by atoms with Crippen LogP contribution >= 0.6 is 12.4 Å². The lowest BCUT2D eigenvalue weighted by molar-refractivity contribution is 0.0729. The van der Waals surface area contributed by atoms with Gasteiger partial charge in [-0.1, -0.05) is 30.3 Å². The number of hydrogen-bond donors (Lipinski definition) is 1. The molecule has 1 aliphatic rings. The van der Waals surface area contributed by atoms with Gasteiger partial charge in [0, 0.05) is 30.3 Å². The molecule has 2 aromatic carbocycles. The molecule has 0 saturated heterocycles. The highest BCUT2D eigenvalue weighted by molar-refractivity contribution is 5.94. The Kier molecular flexibility index (Phi) is 6.23. The molecule has 0 aromatic heterocycles. The van der Waals surface area contributed by atoms with Gasteiger partial charge in [-0.25, -0.2) is 0 Å². The fourth-order valence-corrected chi connectivity index (χ4v) is 2.72. The molecule has 24 heavy (non-hydrogen) atoms. The van der Waals surface area contributed by atoms with Gasteiger partial charge in [-0.2, -0.15) is 0 Å². The molecule has 0 heterocycles. The van der Waals surface area contributed by atoms with E-state index in [9.17, 15) is 4.79 Å². The Morgan fingerprint density at radius 2 is 1.83 bits per heavy atom. The van der Waals surface area contributed by atoms with E-state index < -0.39 is 0 Å². The molecule has 4 nitrogen and oxygen atoms in total. The first kappa shape index (κ1) is 18.3. The number of ether oxygens (including phenoxy) is 1. The minimum absolute atomic E-state index is 0. The normalized spacial score (nSPS) is 13.1. The number of benzene rings is 2. The lowest BCUT2D eigenvalue weighted by Crippen LogP contribution is -2.32. The van der Waals surface area contributed by atoms with Crippen molar-refractivity contribution < 1.29 is 9.53 Å². The average molecular weight is 347 g/mol. The standard InChI is InChI=1S/C19H22N2O2.ClH/c1-23-18-5-3-2-4-16(18)13-21(17-10-11-17)19(22)15-8-6-14(12-20)7-9-15;/h2-9,17H,10-13,20H2,1H3;1H. The molecule has 1 saturated carbocycles. The van der Waals surface area contributed by atoms with Gasteiger partial charge in [-0.05, 0) is 36.6 Å². The van der Waals surface area contributed by atoms with Gasteiger partial charge in [-0.3, -0.25) is 4.79 Å². The summed E-state index contributed by atoms with van der Waals surface area (Å²) in [7, 11) is 1.66. The van der Waals surface area contributed by atoms with Crippen molar-refractivity contribution in [3.05, 3.63) is 65.2 Å². The molecule has 0 aliphatic heterocycles. The molecule has 1 aliphatic carbocycles. The minimum atomic E-state index is 0. The summed E-state index contributed by atoms with van der Waals surface area (Å²) in [5, 5.41) is 0. The van der Waals surface area contributed by atoms with Gasteiger partial charge in [0.05, 0.1) is 7.11 Å². The van der Waals surface area contributed by atoms with E-state index in [4.69, 9.17) is 10.5 Å². The maximum absolute atomic E-state index is 12.9. The SMILES string of the molecule is COc1ccccc1CN(C(=O)c1ccc(CN)cc1)C1CC1.Cl. The van der Waals surface area contributed by atoms with Crippen LogP contribution in [0.25, 0.3) is 0 Å².